The maximum absolute atomic E-state index is 13.5. The SMILES string of the molecule is N/C(=N/O)c1cc(NC(=O)c2cncnc2)ccc1F. The molecule has 2 aromatic rings. The molecule has 4 N–H and O–H groups in total. The van der Waals surface area contributed by atoms with Crippen LogP contribution in [0.2, 0.25) is 0 Å². The van der Waals surface area contributed by atoms with Crippen LogP contribution in [0.25, 0.3) is 0 Å². The van der Waals surface area contributed by atoms with Crippen LogP contribution in [0.15, 0.2) is 42.1 Å². The van der Waals surface area contributed by atoms with Crippen molar-refractivity contribution in [3.8, 4) is 0 Å². The first-order chi connectivity index (χ1) is 9.61. The molecule has 1 aromatic carbocycles. The summed E-state index contributed by atoms with van der Waals surface area (Å²) in [4.78, 5) is 19.3. The van der Waals surface area contributed by atoms with Crippen molar-refractivity contribution in [1.29, 1.82) is 0 Å². The van der Waals surface area contributed by atoms with Crippen molar-refractivity contribution < 1.29 is 14.4 Å². The molecular formula is C12H10FN5O2. The third kappa shape index (κ3) is 2.86. The summed E-state index contributed by atoms with van der Waals surface area (Å²) in [5.74, 6) is -1.51. The molecule has 1 heterocycles. The van der Waals surface area contributed by atoms with Gasteiger partial charge in [-0.3, -0.25) is 4.79 Å². The minimum absolute atomic E-state index is 0.116. The van der Waals surface area contributed by atoms with E-state index in [0.717, 1.165) is 6.07 Å². The molecule has 0 bridgehead atoms. The Bertz CT molecular complexity index is 660. The third-order valence-electron chi connectivity index (χ3n) is 2.43. The summed E-state index contributed by atoms with van der Waals surface area (Å²) in [5.41, 5.74) is 5.76. The minimum atomic E-state index is -0.665. The number of amidine groups is 1. The van der Waals surface area contributed by atoms with Crippen molar-refractivity contribution in [3.63, 3.8) is 0 Å². The highest BCUT2D eigenvalue weighted by Crippen LogP contribution is 2.15. The second-order valence-electron chi connectivity index (χ2n) is 3.76. The minimum Gasteiger partial charge on any atom is -0.409 e. The molecule has 8 heteroatoms. The van der Waals surface area contributed by atoms with Crippen molar-refractivity contribution in [3.05, 3.63) is 53.9 Å². The van der Waals surface area contributed by atoms with E-state index in [2.05, 4.69) is 20.4 Å². The van der Waals surface area contributed by atoms with E-state index in [1.165, 1.54) is 30.9 Å². The number of oxime groups is 1. The average molecular weight is 275 g/mol. The van der Waals surface area contributed by atoms with E-state index < -0.39 is 11.7 Å². The van der Waals surface area contributed by atoms with Gasteiger partial charge in [-0.15, -0.1) is 0 Å². The van der Waals surface area contributed by atoms with Gasteiger partial charge in [-0.05, 0) is 18.2 Å². The molecule has 0 fully saturated rings. The number of nitrogens with zero attached hydrogens (tertiary/aromatic N) is 3. The van der Waals surface area contributed by atoms with Gasteiger partial charge in [0, 0.05) is 18.1 Å². The van der Waals surface area contributed by atoms with Gasteiger partial charge >= 0.3 is 0 Å². The van der Waals surface area contributed by atoms with Gasteiger partial charge in [-0.25, -0.2) is 14.4 Å². The Labute approximate surface area is 113 Å². The van der Waals surface area contributed by atoms with Crippen molar-refractivity contribution in [2.75, 3.05) is 5.32 Å². The molecule has 0 spiro atoms. The number of anilines is 1. The van der Waals surface area contributed by atoms with Crippen LogP contribution in [-0.4, -0.2) is 26.9 Å². The highest BCUT2D eigenvalue weighted by molar-refractivity contribution is 6.05. The van der Waals surface area contributed by atoms with E-state index in [4.69, 9.17) is 10.9 Å². The number of aromatic nitrogens is 2. The quantitative estimate of drug-likeness (QED) is 0.334. The van der Waals surface area contributed by atoms with Gasteiger partial charge in [0.05, 0.1) is 11.1 Å². The van der Waals surface area contributed by atoms with Crippen LogP contribution in [0.4, 0.5) is 10.1 Å². The van der Waals surface area contributed by atoms with Crippen molar-refractivity contribution in [2.45, 2.75) is 0 Å². The number of nitrogens with one attached hydrogen (secondary N) is 1. The Hall–Kier alpha value is -3.03. The number of halogens is 1. The second kappa shape index (κ2) is 5.74. The fourth-order valence-electron chi connectivity index (χ4n) is 1.47. The van der Waals surface area contributed by atoms with E-state index in [-0.39, 0.29) is 17.0 Å². The first kappa shape index (κ1) is 13.4. The van der Waals surface area contributed by atoms with Gasteiger partial charge in [-0.1, -0.05) is 5.16 Å². The van der Waals surface area contributed by atoms with Gasteiger partial charge in [0.1, 0.15) is 12.1 Å². The number of hydrogen-bond donors (Lipinski definition) is 3. The predicted molar refractivity (Wildman–Crippen MR) is 68.9 cm³/mol. The van der Waals surface area contributed by atoms with Crippen LogP contribution in [0, 0.1) is 5.82 Å². The number of rotatable bonds is 3. The zero-order valence-corrected chi connectivity index (χ0v) is 10.1. The zero-order chi connectivity index (χ0) is 14.5. The second-order valence-corrected chi connectivity index (χ2v) is 3.76. The summed E-state index contributed by atoms with van der Waals surface area (Å²) in [6.07, 6.45) is 3.98. The molecule has 1 aromatic heterocycles. The molecule has 20 heavy (non-hydrogen) atoms. The van der Waals surface area contributed by atoms with Gasteiger partial charge in [0.2, 0.25) is 0 Å². The average Bonchev–Trinajstić information content (AvgIpc) is 2.49. The zero-order valence-electron chi connectivity index (χ0n) is 10.1. The lowest BCUT2D eigenvalue weighted by Crippen LogP contribution is -2.17. The Morgan fingerprint density at radius 1 is 1.35 bits per heavy atom. The topological polar surface area (TPSA) is 113 Å². The van der Waals surface area contributed by atoms with Crippen molar-refractivity contribution in [2.24, 2.45) is 10.9 Å². The lowest BCUT2D eigenvalue weighted by Gasteiger charge is -2.07. The summed E-state index contributed by atoms with van der Waals surface area (Å²) < 4.78 is 13.5. The molecule has 0 saturated carbocycles. The maximum atomic E-state index is 13.5. The molecule has 0 aliphatic rings. The number of hydrogen-bond acceptors (Lipinski definition) is 5. The van der Waals surface area contributed by atoms with E-state index in [9.17, 15) is 9.18 Å². The molecule has 0 unspecified atom stereocenters. The first-order valence-corrected chi connectivity index (χ1v) is 5.45. The first-order valence-electron chi connectivity index (χ1n) is 5.45. The lowest BCUT2D eigenvalue weighted by molar-refractivity contribution is 0.102. The number of nitrogens with two attached hydrogens (primary N) is 1. The molecule has 0 saturated heterocycles. The summed E-state index contributed by atoms with van der Waals surface area (Å²) in [6.45, 7) is 0. The van der Waals surface area contributed by atoms with E-state index in [0.29, 0.717) is 5.69 Å². The van der Waals surface area contributed by atoms with Gasteiger partial charge in [-0.2, -0.15) is 0 Å². The van der Waals surface area contributed by atoms with E-state index in [1.54, 1.807) is 0 Å². The molecule has 0 aliphatic carbocycles. The fraction of sp³-hybridized carbons (Fsp3) is 0. The van der Waals surface area contributed by atoms with Crippen LogP contribution in [0.5, 0.6) is 0 Å². The molecular weight excluding hydrogens is 265 g/mol. The predicted octanol–water partition coefficient (Wildman–Crippen LogP) is 0.962. The van der Waals surface area contributed by atoms with Crippen LogP contribution < -0.4 is 11.1 Å². The van der Waals surface area contributed by atoms with Gasteiger partial charge in [0.25, 0.3) is 5.91 Å². The van der Waals surface area contributed by atoms with Gasteiger partial charge < -0.3 is 16.3 Å². The molecule has 7 nitrogen and oxygen atoms in total. The number of benzene rings is 1. The smallest absolute Gasteiger partial charge is 0.258 e. The van der Waals surface area contributed by atoms with Gasteiger partial charge in [0.15, 0.2) is 5.84 Å². The number of carbonyl (C=O) groups is 1. The maximum Gasteiger partial charge on any atom is 0.258 e. The highest BCUT2D eigenvalue weighted by atomic mass is 19.1. The van der Waals surface area contributed by atoms with Crippen molar-refractivity contribution >= 4 is 17.4 Å². The Morgan fingerprint density at radius 2 is 2.05 bits per heavy atom. The van der Waals surface area contributed by atoms with E-state index in [1.807, 2.05) is 0 Å². The van der Waals surface area contributed by atoms with Crippen LogP contribution >= 0.6 is 0 Å². The molecule has 0 radical (unpaired) electrons. The molecule has 0 aliphatic heterocycles. The Balaban J connectivity index is 2.25. The Morgan fingerprint density at radius 3 is 2.70 bits per heavy atom. The summed E-state index contributed by atoms with van der Waals surface area (Å²) in [6, 6.07) is 3.71. The highest BCUT2D eigenvalue weighted by Gasteiger charge is 2.11. The van der Waals surface area contributed by atoms with Crippen molar-refractivity contribution in [1.82, 2.24) is 9.97 Å². The van der Waals surface area contributed by atoms with Crippen LogP contribution in [-0.2, 0) is 0 Å². The Kier molecular flexibility index (Phi) is 3.85. The van der Waals surface area contributed by atoms with E-state index >= 15 is 0 Å². The number of carbonyl (C=O) groups excluding carboxylic acids is 1. The number of amides is 1. The summed E-state index contributed by atoms with van der Waals surface area (Å²) >= 11 is 0. The molecule has 2 rings (SSSR count). The molecule has 1 amide bonds. The third-order valence-corrected chi connectivity index (χ3v) is 2.43. The summed E-state index contributed by atoms with van der Waals surface area (Å²) in [5, 5.41) is 13.8. The summed E-state index contributed by atoms with van der Waals surface area (Å²) in [7, 11) is 0. The normalized spacial score (nSPS) is 11.2. The monoisotopic (exact) mass is 275 g/mol. The standard InChI is InChI=1S/C12H10FN5O2/c13-10-2-1-8(3-9(10)11(14)18-20)17-12(19)7-4-15-6-16-5-7/h1-6,20H,(H2,14,18)(H,17,19). The fourth-order valence-corrected chi connectivity index (χ4v) is 1.47. The lowest BCUT2D eigenvalue weighted by atomic mass is 10.1. The van der Waals surface area contributed by atoms with Crippen LogP contribution in [0.3, 0.4) is 0 Å². The molecule has 102 valence electrons. The largest absolute Gasteiger partial charge is 0.409 e. The van der Waals surface area contributed by atoms with Crippen LogP contribution in [0.1, 0.15) is 15.9 Å². The molecule has 0 atom stereocenters.